The lowest BCUT2D eigenvalue weighted by atomic mass is 9.68. The average Bonchev–Trinajstić information content (AvgIpc) is 2.97. The standard InChI is InChI=1S/C36H46F6/c1-2-3-4-5-23-6-8-24(9-7-23)25-10-12-26(13-11-25)29-18-19-31(32(37)20-29)28-16-14-27(15-17-28)30-21-33(38)35(34(39)22-30)36(40,41)42/h18-28H,2-17H2,1H3. The van der Waals surface area contributed by atoms with E-state index in [9.17, 15) is 22.0 Å². The second kappa shape index (κ2) is 13.8. The lowest BCUT2D eigenvalue weighted by Gasteiger charge is -2.38. The summed E-state index contributed by atoms with van der Waals surface area (Å²) in [5.74, 6) is -0.491. The van der Waals surface area contributed by atoms with E-state index in [0.29, 0.717) is 37.2 Å². The molecule has 2 aromatic rings. The molecule has 0 aromatic heterocycles. The summed E-state index contributed by atoms with van der Waals surface area (Å²) in [6, 6.07) is 7.40. The Balaban J connectivity index is 1.11. The summed E-state index contributed by atoms with van der Waals surface area (Å²) in [4.78, 5) is 0. The monoisotopic (exact) mass is 592 g/mol. The van der Waals surface area contributed by atoms with Gasteiger partial charge < -0.3 is 0 Å². The normalized spacial score (nSPS) is 29.0. The van der Waals surface area contributed by atoms with E-state index in [-0.39, 0.29) is 23.2 Å². The van der Waals surface area contributed by atoms with Crippen LogP contribution >= 0.6 is 0 Å². The highest BCUT2D eigenvalue weighted by molar-refractivity contribution is 5.33. The highest BCUT2D eigenvalue weighted by Gasteiger charge is 2.39. The lowest BCUT2D eigenvalue weighted by Crippen LogP contribution is -2.25. The van der Waals surface area contributed by atoms with Crippen LogP contribution in [0.4, 0.5) is 26.3 Å². The topological polar surface area (TPSA) is 0 Å². The molecule has 2 aromatic carbocycles. The molecule has 5 rings (SSSR count). The third kappa shape index (κ3) is 7.38. The summed E-state index contributed by atoms with van der Waals surface area (Å²) in [5, 5.41) is 0. The molecule has 0 saturated heterocycles. The number of hydrogen-bond donors (Lipinski definition) is 0. The third-order valence-electron chi connectivity index (χ3n) is 11.0. The van der Waals surface area contributed by atoms with Crippen molar-refractivity contribution in [3.05, 3.63) is 70.0 Å². The molecule has 0 amide bonds. The SMILES string of the molecule is CCCCCC1CCC(C2CCC(c3ccc(C4CCC(c5cc(F)c(C(F)(F)F)c(F)c5)CC4)c(F)c3)CC2)CC1. The van der Waals surface area contributed by atoms with Crippen LogP contribution < -0.4 is 0 Å². The molecule has 3 aliphatic carbocycles. The first-order valence-electron chi connectivity index (χ1n) is 16.5. The first-order valence-corrected chi connectivity index (χ1v) is 16.5. The zero-order valence-electron chi connectivity index (χ0n) is 24.9. The molecular weight excluding hydrogens is 546 g/mol. The van der Waals surface area contributed by atoms with E-state index in [1.807, 2.05) is 6.07 Å². The molecule has 3 fully saturated rings. The van der Waals surface area contributed by atoms with Gasteiger partial charge in [0.25, 0.3) is 0 Å². The van der Waals surface area contributed by atoms with Gasteiger partial charge in [-0.2, -0.15) is 13.2 Å². The van der Waals surface area contributed by atoms with Crippen molar-refractivity contribution < 1.29 is 26.3 Å². The molecule has 0 bridgehead atoms. The van der Waals surface area contributed by atoms with Crippen molar-refractivity contribution in [3.8, 4) is 0 Å². The summed E-state index contributed by atoms with van der Waals surface area (Å²) in [6.45, 7) is 2.27. The quantitative estimate of drug-likeness (QED) is 0.211. The number of benzene rings is 2. The molecule has 0 N–H and O–H groups in total. The van der Waals surface area contributed by atoms with Gasteiger partial charge in [-0.25, -0.2) is 13.2 Å². The molecule has 42 heavy (non-hydrogen) atoms. The summed E-state index contributed by atoms with van der Waals surface area (Å²) in [5.41, 5.74) is 0.198. The van der Waals surface area contributed by atoms with E-state index in [2.05, 4.69) is 13.0 Å². The van der Waals surface area contributed by atoms with E-state index in [0.717, 1.165) is 48.3 Å². The Kier molecular flexibility index (Phi) is 10.3. The molecule has 6 heteroatoms. The third-order valence-corrected chi connectivity index (χ3v) is 11.0. The Morgan fingerprint density at radius 2 is 1.10 bits per heavy atom. The predicted octanol–water partition coefficient (Wildman–Crippen LogP) is 12.2. The zero-order chi connectivity index (χ0) is 29.9. The Labute approximate surface area is 247 Å². The van der Waals surface area contributed by atoms with Crippen molar-refractivity contribution in [2.24, 2.45) is 17.8 Å². The van der Waals surface area contributed by atoms with E-state index >= 15 is 4.39 Å². The van der Waals surface area contributed by atoms with E-state index in [1.165, 1.54) is 64.2 Å². The zero-order valence-corrected chi connectivity index (χ0v) is 24.9. The van der Waals surface area contributed by atoms with Gasteiger partial charge in [-0.3, -0.25) is 0 Å². The van der Waals surface area contributed by atoms with Crippen LogP contribution in [0.3, 0.4) is 0 Å². The second-order valence-electron chi connectivity index (χ2n) is 13.6. The minimum absolute atomic E-state index is 0.00674. The maximum Gasteiger partial charge on any atom is 0.422 e. The largest absolute Gasteiger partial charge is 0.422 e. The first-order chi connectivity index (χ1) is 20.1. The van der Waals surface area contributed by atoms with Gasteiger partial charge in [0.2, 0.25) is 0 Å². The van der Waals surface area contributed by atoms with Gasteiger partial charge in [0.05, 0.1) is 0 Å². The van der Waals surface area contributed by atoms with Gasteiger partial charge in [0.15, 0.2) is 0 Å². The summed E-state index contributed by atoms with van der Waals surface area (Å²) >= 11 is 0. The van der Waals surface area contributed by atoms with Crippen LogP contribution in [0.1, 0.15) is 150 Å². The molecular formula is C36H46F6. The molecule has 0 spiro atoms. The number of hydrogen-bond acceptors (Lipinski definition) is 0. The highest BCUT2D eigenvalue weighted by Crippen LogP contribution is 2.46. The highest BCUT2D eigenvalue weighted by atomic mass is 19.4. The number of alkyl halides is 3. The number of rotatable bonds is 8. The molecule has 0 unspecified atom stereocenters. The number of halogens is 6. The summed E-state index contributed by atoms with van der Waals surface area (Å²) in [6.07, 6.45) is 13.1. The molecule has 0 heterocycles. The first kappa shape index (κ1) is 31.4. The maximum absolute atomic E-state index is 15.4. The van der Waals surface area contributed by atoms with Crippen LogP contribution in [0.15, 0.2) is 30.3 Å². The van der Waals surface area contributed by atoms with Crippen molar-refractivity contribution in [3.63, 3.8) is 0 Å². The van der Waals surface area contributed by atoms with E-state index < -0.39 is 23.4 Å². The van der Waals surface area contributed by atoms with Crippen molar-refractivity contribution >= 4 is 0 Å². The van der Waals surface area contributed by atoms with Crippen LogP contribution in [0.2, 0.25) is 0 Å². The fraction of sp³-hybridized carbons (Fsp3) is 0.667. The summed E-state index contributed by atoms with van der Waals surface area (Å²) < 4.78 is 82.4. The Bertz CT molecular complexity index is 1140. The van der Waals surface area contributed by atoms with Crippen molar-refractivity contribution in [2.75, 3.05) is 0 Å². The fourth-order valence-corrected chi connectivity index (χ4v) is 8.52. The van der Waals surface area contributed by atoms with Gasteiger partial charge in [0.1, 0.15) is 23.0 Å². The van der Waals surface area contributed by atoms with E-state index in [1.54, 1.807) is 6.07 Å². The Hall–Kier alpha value is -1.98. The van der Waals surface area contributed by atoms with Crippen LogP contribution in [0.5, 0.6) is 0 Å². The molecule has 232 valence electrons. The summed E-state index contributed by atoms with van der Waals surface area (Å²) in [7, 11) is 0. The molecule has 0 atom stereocenters. The second-order valence-corrected chi connectivity index (χ2v) is 13.6. The molecule has 0 aliphatic heterocycles. The fourth-order valence-electron chi connectivity index (χ4n) is 8.52. The van der Waals surface area contributed by atoms with Crippen molar-refractivity contribution in [1.82, 2.24) is 0 Å². The Morgan fingerprint density at radius 1 is 0.595 bits per heavy atom. The van der Waals surface area contributed by atoms with Crippen LogP contribution in [-0.2, 0) is 6.18 Å². The van der Waals surface area contributed by atoms with Crippen LogP contribution in [0.25, 0.3) is 0 Å². The van der Waals surface area contributed by atoms with Crippen LogP contribution in [0, 0.1) is 35.2 Å². The number of unbranched alkanes of at least 4 members (excludes halogenated alkanes) is 2. The minimum Gasteiger partial charge on any atom is -0.207 e. The van der Waals surface area contributed by atoms with Gasteiger partial charge >= 0.3 is 6.18 Å². The Morgan fingerprint density at radius 3 is 1.64 bits per heavy atom. The van der Waals surface area contributed by atoms with Gasteiger partial charge in [-0.1, -0.05) is 57.6 Å². The van der Waals surface area contributed by atoms with Crippen molar-refractivity contribution in [1.29, 1.82) is 0 Å². The lowest BCUT2D eigenvalue weighted by molar-refractivity contribution is -0.142. The smallest absolute Gasteiger partial charge is 0.207 e. The maximum atomic E-state index is 15.4. The van der Waals surface area contributed by atoms with E-state index in [4.69, 9.17) is 0 Å². The molecule has 3 aliphatic rings. The van der Waals surface area contributed by atoms with Gasteiger partial charge in [0, 0.05) is 0 Å². The molecule has 3 saturated carbocycles. The predicted molar refractivity (Wildman–Crippen MR) is 156 cm³/mol. The minimum atomic E-state index is -5.07. The van der Waals surface area contributed by atoms with Gasteiger partial charge in [-0.05, 0) is 135 Å². The van der Waals surface area contributed by atoms with Gasteiger partial charge in [-0.15, -0.1) is 0 Å². The van der Waals surface area contributed by atoms with Crippen molar-refractivity contribution in [2.45, 2.75) is 134 Å². The molecule has 0 radical (unpaired) electrons. The van der Waals surface area contributed by atoms with Crippen LogP contribution in [-0.4, -0.2) is 0 Å². The average molecular weight is 593 g/mol. The molecule has 0 nitrogen and oxygen atoms in total.